The van der Waals surface area contributed by atoms with Crippen LogP contribution in [0.1, 0.15) is 31.5 Å². The van der Waals surface area contributed by atoms with Gasteiger partial charge in [0.2, 0.25) is 0 Å². The molecule has 4 heteroatoms. The fourth-order valence-corrected chi connectivity index (χ4v) is 3.59. The molecule has 2 aromatic rings. The number of thiazole rings is 1. The Kier molecular flexibility index (Phi) is 4.56. The highest BCUT2D eigenvalue weighted by atomic mass is 32.1. The summed E-state index contributed by atoms with van der Waals surface area (Å²) in [6.45, 7) is 7.43. The van der Waals surface area contributed by atoms with Gasteiger partial charge < -0.3 is 10.2 Å². The third-order valence-electron chi connectivity index (χ3n) is 3.74. The number of fused-ring (bicyclic) bond motifs is 1. The summed E-state index contributed by atoms with van der Waals surface area (Å²) in [4.78, 5) is 7.18. The molecule has 0 atom stereocenters. The first-order valence-electron chi connectivity index (χ1n) is 7.74. The Balaban J connectivity index is 1.72. The van der Waals surface area contributed by atoms with Gasteiger partial charge in [0.1, 0.15) is 0 Å². The largest absolute Gasteiger partial charge is 0.318 e. The topological polar surface area (TPSA) is 28.2 Å². The van der Waals surface area contributed by atoms with Crippen molar-refractivity contribution in [2.75, 3.05) is 18.0 Å². The molecule has 3 nitrogen and oxygen atoms in total. The molecule has 1 aliphatic heterocycles. The lowest BCUT2D eigenvalue weighted by atomic mass is 10.0. The van der Waals surface area contributed by atoms with E-state index in [1.54, 1.807) is 11.3 Å². The third kappa shape index (κ3) is 3.44. The zero-order valence-corrected chi connectivity index (χ0v) is 13.6. The highest BCUT2D eigenvalue weighted by Crippen LogP contribution is 2.34. The minimum atomic E-state index is 0.678. The minimum Gasteiger partial charge on any atom is -0.318 e. The van der Waals surface area contributed by atoms with Crippen LogP contribution in [0.25, 0.3) is 0 Å². The zero-order chi connectivity index (χ0) is 14.7. The first kappa shape index (κ1) is 14.5. The predicted octanol–water partition coefficient (Wildman–Crippen LogP) is 3.97. The van der Waals surface area contributed by atoms with E-state index < -0.39 is 0 Å². The van der Waals surface area contributed by atoms with Gasteiger partial charge in [-0.25, -0.2) is 4.98 Å². The van der Waals surface area contributed by atoms with Crippen molar-refractivity contribution in [2.24, 2.45) is 5.92 Å². The molecule has 0 unspecified atom stereocenters. The molecule has 2 heterocycles. The predicted molar refractivity (Wildman–Crippen MR) is 90.4 cm³/mol. The van der Waals surface area contributed by atoms with E-state index in [0.717, 1.165) is 30.5 Å². The molecular weight excluding hydrogens is 278 g/mol. The summed E-state index contributed by atoms with van der Waals surface area (Å²) in [5.41, 5.74) is 3.93. The smallest absolute Gasteiger partial charge is 0.190 e. The van der Waals surface area contributed by atoms with Crippen LogP contribution in [0.2, 0.25) is 0 Å². The van der Waals surface area contributed by atoms with Gasteiger partial charge in [-0.05, 0) is 36.9 Å². The summed E-state index contributed by atoms with van der Waals surface area (Å²) in [5.74, 6) is 0.678. The van der Waals surface area contributed by atoms with Crippen LogP contribution in [0.4, 0.5) is 10.8 Å². The summed E-state index contributed by atoms with van der Waals surface area (Å²) in [6.07, 6.45) is 2.39. The summed E-state index contributed by atoms with van der Waals surface area (Å²) in [7, 11) is 0. The van der Waals surface area contributed by atoms with Gasteiger partial charge in [-0.1, -0.05) is 32.0 Å². The van der Waals surface area contributed by atoms with E-state index in [0.29, 0.717) is 5.92 Å². The molecular formula is C17H23N3S. The van der Waals surface area contributed by atoms with E-state index in [2.05, 4.69) is 53.7 Å². The molecule has 1 N–H and O–H groups in total. The number of hydrogen-bond donors (Lipinski definition) is 1. The van der Waals surface area contributed by atoms with E-state index in [1.165, 1.54) is 24.1 Å². The standard InChI is InChI=1S/C17H23N3S/c1-13(2)10-18-11-15-12-21-17(19-15)20-9-5-7-14-6-3-4-8-16(14)20/h3-4,6,8,12-13,18H,5,7,9-11H2,1-2H3. The van der Waals surface area contributed by atoms with Crippen molar-refractivity contribution in [1.82, 2.24) is 10.3 Å². The van der Waals surface area contributed by atoms with Crippen molar-refractivity contribution < 1.29 is 0 Å². The Morgan fingerprint density at radius 1 is 1.33 bits per heavy atom. The lowest BCUT2D eigenvalue weighted by molar-refractivity contribution is 0.549. The highest BCUT2D eigenvalue weighted by molar-refractivity contribution is 7.13. The van der Waals surface area contributed by atoms with Crippen LogP contribution in [-0.2, 0) is 13.0 Å². The van der Waals surface area contributed by atoms with Crippen LogP contribution in [0, 0.1) is 5.92 Å². The number of para-hydroxylation sites is 1. The molecule has 21 heavy (non-hydrogen) atoms. The molecule has 1 aromatic carbocycles. The average molecular weight is 301 g/mol. The molecule has 3 rings (SSSR count). The van der Waals surface area contributed by atoms with Crippen molar-refractivity contribution in [3.05, 3.63) is 40.9 Å². The van der Waals surface area contributed by atoms with E-state index in [-0.39, 0.29) is 0 Å². The molecule has 0 amide bonds. The van der Waals surface area contributed by atoms with Gasteiger partial charge in [0, 0.05) is 24.2 Å². The number of hydrogen-bond acceptors (Lipinski definition) is 4. The molecule has 0 aliphatic carbocycles. The van der Waals surface area contributed by atoms with Gasteiger partial charge in [0.05, 0.1) is 5.69 Å². The maximum absolute atomic E-state index is 4.81. The van der Waals surface area contributed by atoms with Crippen LogP contribution < -0.4 is 10.2 Å². The molecule has 0 saturated heterocycles. The van der Waals surface area contributed by atoms with Gasteiger partial charge in [-0.2, -0.15) is 0 Å². The average Bonchev–Trinajstić information content (AvgIpc) is 2.95. The molecule has 0 spiro atoms. The van der Waals surface area contributed by atoms with Crippen molar-refractivity contribution in [1.29, 1.82) is 0 Å². The van der Waals surface area contributed by atoms with Crippen LogP contribution in [0.15, 0.2) is 29.6 Å². The third-order valence-corrected chi connectivity index (χ3v) is 4.65. The van der Waals surface area contributed by atoms with Gasteiger partial charge in [-0.15, -0.1) is 11.3 Å². The number of rotatable bonds is 5. The van der Waals surface area contributed by atoms with E-state index in [9.17, 15) is 0 Å². The molecule has 0 saturated carbocycles. The van der Waals surface area contributed by atoms with Crippen molar-refractivity contribution in [3.8, 4) is 0 Å². The number of nitrogens with zero attached hydrogens (tertiary/aromatic N) is 2. The summed E-state index contributed by atoms with van der Waals surface area (Å²) in [6, 6.07) is 8.70. The summed E-state index contributed by atoms with van der Waals surface area (Å²) >= 11 is 1.75. The zero-order valence-electron chi connectivity index (χ0n) is 12.8. The number of benzene rings is 1. The summed E-state index contributed by atoms with van der Waals surface area (Å²) in [5, 5.41) is 6.77. The van der Waals surface area contributed by atoms with Crippen LogP contribution in [0.5, 0.6) is 0 Å². The number of aromatic nitrogens is 1. The maximum atomic E-state index is 4.81. The van der Waals surface area contributed by atoms with E-state index in [4.69, 9.17) is 4.98 Å². The SMILES string of the molecule is CC(C)CNCc1csc(N2CCCc3ccccc32)n1. The molecule has 1 aliphatic rings. The molecule has 1 aromatic heterocycles. The van der Waals surface area contributed by atoms with Gasteiger partial charge in [0.15, 0.2) is 5.13 Å². The fraction of sp³-hybridized carbons (Fsp3) is 0.471. The lowest BCUT2D eigenvalue weighted by Gasteiger charge is -2.28. The quantitative estimate of drug-likeness (QED) is 0.905. The van der Waals surface area contributed by atoms with E-state index in [1.807, 2.05) is 0 Å². The lowest BCUT2D eigenvalue weighted by Crippen LogP contribution is -2.24. The number of anilines is 2. The van der Waals surface area contributed by atoms with Gasteiger partial charge >= 0.3 is 0 Å². The first-order valence-corrected chi connectivity index (χ1v) is 8.62. The van der Waals surface area contributed by atoms with Crippen LogP contribution in [0.3, 0.4) is 0 Å². The number of nitrogens with one attached hydrogen (secondary N) is 1. The Bertz CT molecular complexity index is 591. The molecule has 0 fully saturated rings. The first-order chi connectivity index (χ1) is 10.2. The molecule has 0 radical (unpaired) electrons. The Morgan fingerprint density at radius 3 is 3.05 bits per heavy atom. The van der Waals surface area contributed by atoms with Crippen molar-refractivity contribution in [2.45, 2.75) is 33.2 Å². The Morgan fingerprint density at radius 2 is 2.19 bits per heavy atom. The minimum absolute atomic E-state index is 0.678. The highest BCUT2D eigenvalue weighted by Gasteiger charge is 2.20. The second-order valence-electron chi connectivity index (χ2n) is 6.03. The van der Waals surface area contributed by atoms with Crippen molar-refractivity contribution in [3.63, 3.8) is 0 Å². The summed E-state index contributed by atoms with van der Waals surface area (Å²) < 4.78 is 0. The van der Waals surface area contributed by atoms with Gasteiger partial charge in [-0.3, -0.25) is 0 Å². The second kappa shape index (κ2) is 6.58. The normalized spacial score (nSPS) is 14.5. The van der Waals surface area contributed by atoms with Crippen LogP contribution in [-0.4, -0.2) is 18.1 Å². The molecule has 0 bridgehead atoms. The van der Waals surface area contributed by atoms with Crippen molar-refractivity contribution >= 4 is 22.2 Å². The second-order valence-corrected chi connectivity index (χ2v) is 6.87. The number of aryl methyl sites for hydroxylation is 1. The Labute approximate surface area is 131 Å². The Hall–Kier alpha value is -1.39. The maximum Gasteiger partial charge on any atom is 0.190 e. The van der Waals surface area contributed by atoms with Gasteiger partial charge in [0.25, 0.3) is 0 Å². The van der Waals surface area contributed by atoms with E-state index >= 15 is 0 Å². The monoisotopic (exact) mass is 301 g/mol. The molecule has 112 valence electrons. The fourth-order valence-electron chi connectivity index (χ4n) is 2.72. The van der Waals surface area contributed by atoms with Crippen LogP contribution >= 0.6 is 11.3 Å².